The van der Waals surface area contributed by atoms with Crippen molar-refractivity contribution in [2.24, 2.45) is 16.6 Å². The van der Waals surface area contributed by atoms with Crippen LogP contribution in [0.25, 0.3) is 0 Å². The maximum atomic E-state index is 8.27. The molecule has 1 aliphatic rings. The second-order valence-corrected chi connectivity index (χ2v) is 1.50. The summed E-state index contributed by atoms with van der Waals surface area (Å²) in [7, 11) is 0. The van der Waals surface area contributed by atoms with Crippen molar-refractivity contribution in [1.82, 2.24) is 0 Å². The molecule has 3 heteroatoms. The highest BCUT2D eigenvalue weighted by Gasteiger charge is 2.10. The number of hydrogen-bond acceptors (Lipinski definition) is 3. The molecular weight excluding hydrogens is 102 g/mol. The van der Waals surface area contributed by atoms with Crippen molar-refractivity contribution in [2.75, 3.05) is 0 Å². The molecule has 1 rings (SSSR count). The predicted molar refractivity (Wildman–Crippen MR) is 29.9 cm³/mol. The van der Waals surface area contributed by atoms with Crippen LogP contribution < -0.4 is 5.73 Å². The van der Waals surface area contributed by atoms with Crippen LogP contribution in [0.3, 0.4) is 0 Å². The van der Waals surface area contributed by atoms with Crippen molar-refractivity contribution in [1.29, 1.82) is 5.26 Å². The van der Waals surface area contributed by atoms with Gasteiger partial charge in [-0.2, -0.15) is 5.26 Å². The van der Waals surface area contributed by atoms with E-state index in [1.165, 1.54) is 0 Å². The smallest absolute Gasteiger partial charge is 0.123 e. The lowest BCUT2D eigenvalue weighted by atomic mass is 10.2. The molecule has 1 heterocycles. The monoisotopic (exact) mass is 107 g/mol. The molecule has 0 saturated carbocycles. The Balaban J connectivity index is 2.76. The van der Waals surface area contributed by atoms with E-state index in [1.807, 2.05) is 6.07 Å². The van der Waals surface area contributed by atoms with Crippen molar-refractivity contribution in [3.8, 4) is 6.07 Å². The quantitative estimate of drug-likeness (QED) is 0.474. The minimum Gasteiger partial charge on any atom is -0.386 e. The molecule has 0 saturated heterocycles. The third kappa shape index (κ3) is 0.562. The Bertz CT molecular complexity index is 184. The second kappa shape index (κ2) is 1.66. The maximum Gasteiger partial charge on any atom is 0.123 e. The fourth-order valence-corrected chi connectivity index (χ4v) is 0.503. The predicted octanol–water partition coefficient (Wildman–Crippen LogP) is 0.0107. The van der Waals surface area contributed by atoms with Gasteiger partial charge in [0.1, 0.15) is 11.8 Å². The first-order valence-electron chi connectivity index (χ1n) is 2.24. The summed E-state index contributed by atoms with van der Waals surface area (Å²) >= 11 is 0. The number of nitrogens with two attached hydrogens (primary N) is 1. The Morgan fingerprint density at radius 3 is 2.88 bits per heavy atom. The van der Waals surface area contributed by atoms with Crippen LogP contribution >= 0.6 is 0 Å². The van der Waals surface area contributed by atoms with Crippen LogP contribution in [0.15, 0.2) is 17.3 Å². The molecule has 0 aromatic carbocycles. The second-order valence-electron chi connectivity index (χ2n) is 1.50. The van der Waals surface area contributed by atoms with Gasteiger partial charge in [-0.15, -0.1) is 0 Å². The van der Waals surface area contributed by atoms with Gasteiger partial charge in [0.25, 0.3) is 0 Å². The van der Waals surface area contributed by atoms with Crippen molar-refractivity contribution in [3.05, 3.63) is 12.3 Å². The highest BCUT2D eigenvalue weighted by Crippen LogP contribution is 2.03. The van der Waals surface area contributed by atoms with E-state index in [4.69, 9.17) is 11.0 Å². The molecule has 2 N–H and O–H groups in total. The maximum absolute atomic E-state index is 8.27. The van der Waals surface area contributed by atoms with Gasteiger partial charge in [0, 0.05) is 6.20 Å². The molecule has 0 aromatic rings. The average Bonchev–Trinajstić information content (AvgIpc) is 2.14. The van der Waals surface area contributed by atoms with Crippen LogP contribution in [-0.2, 0) is 0 Å². The van der Waals surface area contributed by atoms with Gasteiger partial charge in [-0.25, -0.2) is 4.99 Å². The van der Waals surface area contributed by atoms with E-state index in [0.717, 1.165) is 0 Å². The third-order valence-corrected chi connectivity index (χ3v) is 0.960. The lowest BCUT2D eigenvalue weighted by Gasteiger charge is -1.91. The molecule has 0 unspecified atom stereocenters. The number of aliphatic imine (C=N–C) groups is 1. The molecule has 0 fully saturated rings. The number of amidine groups is 1. The number of nitriles is 1. The van der Waals surface area contributed by atoms with E-state index in [0.29, 0.717) is 5.84 Å². The summed E-state index contributed by atoms with van der Waals surface area (Å²) in [6.07, 6.45) is 3.21. The SMILES string of the molecule is N#C[C@@H]1C=CN=C1N. The Hall–Kier alpha value is -1.30. The van der Waals surface area contributed by atoms with Gasteiger partial charge < -0.3 is 5.73 Å². The molecule has 1 aliphatic heterocycles. The fraction of sp³-hybridized carbons (Fsp3) is 0.200. The molecule has 40 valence electrons. The topological polar surface area (TPSA) is 62.2 Å². The van der Waals surface area contributed by atoms with Gasteiger partial charge in [-0.1, -0.05) is 0 Å². The van der Waals surface area contributed by atoms with Crippen LogP contribution in [0.1, 0.15) is 0 Å². The summed E-state index contributed by atoms with van der Waals surface area (Å²) in [5.74, 6) is 0.113. The summed E-state index contributed by atoms with van der Waals surface area (Å²) in [6, 6.07) is 1.97. The average molecular weight is 107 g/mol. The van der Waals surface area contributed by atoms with Gasteiger partial charge >= 0.3 is 0 Å². The lowest BCUT2D eigenvalue weighted by Crippen LogP contribution is -2.17. The summed E-state index contributed by atoms with van der Waals surface area (Å²) in [5, 5.41) is 8.27. The van der Waals surface area contributed by atoms with Crippen LogP contribution in [0, 0.1) is 17.2 Å². The normalized spacial score (nSPS) is 24.9. The molecule has 1 atom stereocenters. The fourth-order valence-electron chi connectivity index (χ4n) is 0.503. The van der Waals surface area contributed by atoms with Crippen molar-refractivity contribution < 1.29 is 0 Å². The van der Waals surface area contributed by atoms with Gasteiger partial charge in [0.05, 0.1) is 6.07 Å². The molecular formula is C5H5N3. The Labute approximate surface area is 47.1 Å². The van der Waals surface area contributed by atoms with E-state index >= 15 is 0 Å². The highest BCUT2D eigenvalue weighted by molar-refractivity contribution is 5.89. The van der Waals surface area contributed by atoms with Crippen molar-refractivity contribution in [3.63, 3.8) is 0 Å². The van der Waals surface area contributed by atoms with Crippen LogP contribution in [0.5, 0.6) is 0 Å². The molecule has 0 spiro atoms. The minimum absolute atomic E-state index is 0.282. The van der Waals surface area contributed by atoms with E-state index in [-0.39, 0.29) is 5.92 Å². The Morgan fingerprint density at radius 1 is 1.88 bits per heavy atom. The van der Waals surface area contributed by atoms with E-state index in [9.17, 15) is 0 Å². The third-order valence-electron chi connectivity index (χ3n) is 0.960. The number of rotatable bonds is 0. The van der Waals surface area contributed by atoms with E-state index < -0.39 is 0 Å². The first-order valence-corrected chi connectivity index (χ1v) is 2.24. The van der Waals surface area contributed by atoms with Crippen molar-refractivity contribution >= 4 is 5.84 Å². The molecule has 0 aromatic heterocycles. The molecule has 0 radical (unpaired) electrons. The lowest BCUT2D eigenvalue weighted by molar-refractivity contribution is 1.15. The largest absolute Gasteiger partial charge is 0.386 e. The molecule has 0 bridgehead atoms. The van der Waals surface area contributed by atoms with Crippen molar-refractivity contribution in [2.45, 2.75) is 0 Å². The summed E-state index contributed by atoms with van der Waals surface area (Å²) < 4.78 is 0. The molecule has 8 heavy (non-hydrogen) atoms. The Kier molecular flexibility index (Phi) is 1.01. The molecule has 3 nitrogen and oxygen atoms in total. The van der Waals surface area contributed by atoms with Gasteiger partial charge in [0.2, 0.25) is 0 Å². The van der Waals surface area contributed by atoms with Crippen LogP contribution in [-0.4, -0.2) is 5.84 Å². The zero-order valence-corrected chi connectivity index (χ0v) is 4.20. The molecule has 0 aliphatic carbocycles. The summed E-state index contributed by atoms with van der Waals surface area (Å²) in [5.41, 5.74) is 5.25. The number of hydrogen-bond donors (Lipinski definition) is 1. The number of nitrogens with zero attached hydrogens (tertiary/aromatic N) is 2. The highest BCUT2D eigenvalue weighted by atomic mass is 14.9. The van der Waals surface area contributed by atoms with Crippen LogP contribution in [0.2, 0.25) is 0 Å². The minimum atomic E-state index is -0.282. The van der Waals surface area contributed by atoms with Crippen LogP contribution in [0.4, 0.5) is 0 Å². The van der Waals surface area contributed by atoms with Gasteiger partial charge in [0.15, 0.2) is 0 Å². The summed E-state index contributed by atoms with van der Waals surface area (Å²) in [4.78, 5) is 3.68. The zero-order valence-electron chi connectivity index (χ0n) is 4.20. The zero-order chi connectivity index (χ0) is 5.98. The Morgan fingerprint density at radius 2 is 2.62 bits per heavy atom. The first-order chi connectivity index (χ1) is 3.84. The van der Waals surface area contributed by atoms with E-state index in [1.54, 1.807) is 12.3 Å². The first kappa shape index (κ1) is 4.85. The van der Waals surface area contributed by atoms with E-state index in [2.05, 4.69) is 4.99 Å². The standard InChI is InChI=1S/C5H5N3/c6-3-4-1-2-8-5(4)7/h1-2,4H,(H2,7,8)/t4-/m0/s1. The van der Waals surface area contributed by atoms with Gasteiger partial charge in [-0.3, -0.25) is 0 Å². The summed E-state index contributed by atoms with van der Waals surface area (Å²) in [6.45, 7) is 0. The van der Waals surface area contributed by atoms with Gasteiger partial charge in [-0.05, 0) is 6.08 Å². The molecule has 0 amide bonds.